The van der Waals surface area contributed by atoms with Crippen LogP contribution in [0.1, 0.15) is 25.3 Å². The lowest BCUT2D eigenvalue weighted by molar-refractivity contribution is 0.885. The molecule has 0 aliphatic heterocycles. The molecule has 0 saturated carbocycles. The van der Waals surface area contributed by atoms with Crippen LogP contribution in [0.4, 0.5) is 0 Å². The van der Waals surface area contributed by atoms with Gasteiger partial charge in [-0.25, -0.2) is 0 Å². The van der Waals surface area contributed by atoms with Gasteiger partial charge in [0.15, 0.2) is 0 Å². The third kappa shape index (κ3) is 1.65. The van der Waals surface area contributed by atoms with Crippen LogP contribution in [-0.2, 0) is 0 Å². The highest BCUT2D eigenvalue weighted by Crippen LogP contribution is 2.39. The van der Waals surface area contributed by atoms with E-state index >= 15 is 0 Å². The zero-order valence-electron chi connectivity index (χ0n) is 10.6. The Bertz CT molecular complexity index is 669. The van der Waals surface area contributed by atoms with Crippen LogP contribution >= 0.6 is 15.9 Å². The normalized spacial score (nSPS) is 11.6. The third-order valence-electron chi connectivity index (χ3n) is 3.48. The van der Waals surface area contributed by atoms with Crippen molar-refractivity contribution in [3.8, 4) is 0 Å². The molecule has 0 unspecified atom stereocenters. The molecule has 0 nitrogen and oxygen atoms in total. The van der Waals surface area contributed by atoms with E-state index in [9.17, 15) is 0 Å². The fourth-order valence-corrected chi connectivity index (χ4v) is 3.42. The largest absolute Gasteiger partial charge is 0.0616 e. The molecule has 0 heterocycles. The maximum atomic E-state index is 3.77. The summed E-state index contributed by atoms with van der Waals surface area (Å²) in [5.41, 5.74) is 1.45. The van der Waals surface area contributed by atoms with Crippen molar-refractivity contribution in [2.45, 2.75) is 19.8 Å². The van der Waals surface area contributed by atoms with E-state index in [4.69, 9.17) is 0 Å². The molecule has 0 N–H and O–H groups in total. The van der Waals surface area contributed by atoms with Crippen molar-refractivity contribution in [1.82, 2.24) is 0 Å². The number of rotatable bonds is 1. The van der Waals surface area contributed by atoms with E-state index in [1.165, 1.54) is 31.6 Å². The Balaban J connectivity index is 2.63. The number of hydrogen-bond donors (Lipinski definition) is 0. The van der Waals surface area contributed by atoms with Crippen LogP contribution in [0, 0.1) is 0 Å². The van der Waals surface area contributed by atoms with Gasteiger partial charge in [-0.2, -0.15) is 0 Å². The molecule has 1 heteroatoms. The van der Waals surface area contributed by atoms with Crippen molar-refractivity contribution in [2.75, 3.05) is 0 Å². The highest BCUT2D eigenvalue weighted by Gasteiger charge is 2.13. The quantitative estimate of drug-likeness (QED) is 0.492. The first-order valence-corrected chi connectivity index (χ1v) is 7.08. The van der Waals surface area contributed by atoms with Crippen molar-refractivity contribution < 1.29 is 0 Å². The SMILES string of the molecule is CC(C)c1c2ccccc2c(Br)c2ccccc12. The fraction of sp³-hybridized carbons (Fsp3) is 0.176. The van der Waals surface area contributed by atoms with Gasteiger partial charge in [-0.05, 0) is 49.0 Å². The molecule has 3 aromatic carbocycles. The molecular weight excluding hydrogens is 284 g/mol. The van der Waals surface area contributed by atoms with Crippen molar-refractivity contribution in [3.63, 3.8) is 0 Å². The van der Waals surface area contributed by atoms with Crippen LogP contribution in [0.25, 0.3) is 21.5 Å². The summed E-state index contributed by atoms with van der Waals surface area (Å²) >= 11 is 3.77. The summed E-state index contributed by atoms with van der Waals surface area (Å²) in [4.78, 5) is 0. The molecule has 0 saturated heterocycles. The van der Waals surface area contributed by atoms with Crippen molar-refractivity contribution >= 4 is 37.5 Å². The second-order valence-electron chi connectivity index (χ2n) is 4.97. The predicted octanol–water partition coefficient (Wildman–Crippen LogP) is 5.88. The summed E-state index contributed by atoms with van der Waals surface area (Å²) in [5.74, 6) is 0.521. The Morgan fingerprint density at radius 1 is 0.722 bits per heavy atom. The van der Waals surface area contributed by atoms with Gasteiger partial charge in [-0.15, -0.1) is 0 Å². The summed E-state index contributed by atoms with van der Waals surface area (Å²) in [7, 11) is 0. The van der Waals surface area contributed by atoms with Crippen LogP contribution in [0.15, 0.2) is 53.0 Å². The molecule has 3 rings (SSSR count). The molecule has 0 aliphatic rings. The van der Waals surface area contributed by atoms with Crippen LogP contribution in [0.3, 0.4) is 0 Å². The molecule has 3 aromatic rings. The lowest BCUT2D eigenvalue weighted by Crippen LogP contribution is -1.93. The average molecular weight is 299 g/mol. The van der Waals surface area contributed by atoms with E-state index in [1.807, 2.05) is 0 Å². The summed E-state index contributed by atoms with van der Waals surface area (Å²) < 4.78 is 1.21. The minimum absolute atomic E-state index is 0.521. The van der Waals surface area contributed by atoms with Crippen LogP contribution in [0.5, 0.6) is 0 Å². The van der Waals surface area contributed by atoms with E-state index in [0.717, 1.165) is 0 Å². The molecule has 0 fully saturated rings. The van der Waals surface area contributed by atoms with E-state index in [2.05, 4.69) is 78.3 Å². The number of benzene rings is 3. The summed E-state index contributed by atoms with van der Waals surface area (Å²) in [6.07, 6.45) is 0. The molecule has 0 bridgehead atoms. The molecule has 0 spiro atoms. The monoisotopic (exact) mass is 298 g/mol. The Labute approximate surface area is 116 Å². The molecule has 0 amide bonds. The minimum Gasteiger partial charge on any atom is -0.0616 e. The van der Waals surface area contributed by atoms with Gasteiger partial charge in [0, 0.05) is 4.47 Å². The summed E-state index contributed by atoms with van der Waals surface area (Å²) in [5, 5.41) is 5.33. The highest BCUT2D eigenvalue weighted by molar-refractivity contribution is 9.10. The lowest BCUT2D eigenvalue weighted by Gasteiger charge is -2.16. The maximum Gasteiger partial charge on any atom is 0.0332 e. The number of fused-ring (bicyclic) bond motifs is 2. The van der Waals surface area contributed by atoms with Gasteiger partial charge in [0.2, 0.25) is 0 Å². The van der Waals surface area contributed by atoms with Crippen molar-refractivity contribution in [3.05, 3.63) is 58.6 Å². The predicted molar refractivity (Wildman–Crippen MR) is 83.2 cm³/mol. The first kappa shape index (κ1) is 11.7. The molecule has 90 valence electrons. The van der Waals surface area contributed by atoms with Gasteiger partial charge in [-0.3, -0.25) is 0 Å². The Kier molecular flexibility index (Phi) is 2.87. The number of hydrogen-bond acceptors (Lipinski definition) is 0. The standard InChI is InChI=1S/C17H15Br/c1-11(2)16-12-7-3-5-9-14(12)17(18)15-10-6-4-8-13(15)16/h3-11H,1-2H3. The Hall–Kier alpha value is -1.34. The van der Waals surface area contributed by atoms with Crippen molar-refractivity contribution in [1.29, 1.82) is 0 Å². The molecule has 0 aliphatic carbocycles. The lowest BCUT2D eigenvalue weighted by atomic mass is 9.90. The smallest absolute Gasteiger partial charge is 0.0332 e. The molecule has 18 heavy (non-hydrogen) atoms. The van der Waals surface area contributed by atoms with Gasteiger partial charge >= 0.3 is 0 Å². The molecular formula is C17H15Br. The molecule has 0 atom stereocenters. The van der Waals surface area contributed by atoms with Crippen LogP contribution < -0.4 is 0 Å². The van der Waals surface area contributed by atoms with Gasteiger partial charge in [0.1, 0.15) is 0 Å². The molecule has 0 radical (unpaired) electrons. The van der Waals surface area contributed by atoms with Gasteiger partial charge in [0.05, 0.1) is 0 Å². The Morgan fingerprint density at radius 3 is 1.50 bits per heavy atom. The topological polar surface area (TPSA) is 0 Å². The van der Waals surface area contributed by atoms with E-state index in [-0.39, 0.29) is 0 Å². The summed E-state index contributed by atoms with van der Waals surface area (Å²) in [6, 6.07) is 17.3. The Morgan fingerprint density at radius 2 is 1.11 bits per heavy atom. The van der Waals surface area contributed by atoms with E-state index in [1.54, 1.807) is 0 Å². The first-order chi connectivity index (χ1) is 8.70. The molecule has 0 aromatic heterocycles. The summed E-state index contributed by atoms with van der Waals surface area (Å²) in [6.45, 7) is 4.53. The van der Waals surface area contributed by atoms with Crippen LogP contribution in [-0.4, -0.2) is 0 Å². The highest BCUT2D eigenvalue weighted by atomic mass is 79.9. The second kappa shape index (κ2) is 4.40. The minimum atomic E-state index is 0.521. The fourth-order valence-electron chi connectivity index (χ4n) is 2.73. The number of halogens is 1. The first-order valence-electron chi connectivity index (χ1n) is 6.29. The second-order valence-corrected chi connectivity index (χ2v) is 5.77. The van der Waals surface area contributed by atoms with E-state index in [0.29, 0.717) is 5.92 Å². The van der Waals surface area contributed by atoms with Crippen LogP contribution in [0.2, 0.25) is 0 Å². The zero-order valence-corrected chi connectivity index (χ0v) is 12.2. The van der Waals surface area contributed by atoms with Crippen molar-refractivity contribution in [2.24, 2.45) is 0 Å². The van der Waals surface area contributed by atoms with Gasteiger partial charge < -0.3 is 0 Å². The van der Waals surface area contributed by atoms with Gasteiger partial charge in [-0.1, -0.05) is 62.4 Å². The third-order valence-corrected chi connectivity index (χ3v) is 4.34. The van der Waals surface area contributed by atoms with Gasteiger partial charge in [0.25, 0.3) is 0 Å². The maximum absolute atomic E-state index is 3.77. The van der Waals surface area contributed by atoms with E-state index < -0.39 is 0 Å². The zero-order chi connectivity index (χ0) is 12.7. The average Bonchev–Trinajstić information content (AvgIpc) is 2.39.